The molecular formula is C19H30ClN3O3S. The maximum atomic E-state index is 12.4. The third-order valence-electron chi connectivity index (χ3n) is 5.37. The Bertz CT molecular complexity index is 744. The topological polar surface area (TPSA) is 87.3 Å². The summed E-state index contributed by atoms with van der Waals surface area (Å²) in [7, 11) is -3.32. The molecule has 1 saturated heterocycles. The fourth-order valence-corrected chi connectivity index (χ4v) is 5.31. The average Bonchev–Trinajstić information content (AvgIpc) is 3.26. The third kappa shape index (κ3) is 5.91. The van der Waals surface area contributed by atoms with Crippen molar-refractivity contribution in [3.63, 3.8) is 0 Å². The molecule has 2 aliphatic rings. The van der Waals surface area contributed by atoms with Crippen molar-refractivity contribution in [2.75, 3.05) is 13.1 Å². The van der Waals surface area contributed by atoms with Crippen LogP contribution in [-0.4, -0.2) is 33.5 Å². The molecule has 27 heavy (non-hydrogen) atoms. The number of benzene rings is 1. The zero-order valence-electron chi connectivity index (χ0n) is 16.0. The Morgan fingerprint density at radius 1 is 1.19 bits per heavy atom. The summed E-state index contributed by atoms with van der Waals surface area (Å²) in [6.07, 6.45) is 3.21. The van der Waals surface area contributed by atoms with E-state index in [4.69, 9.17) is 0 Å². The maximum Gasteiger partial charge on any atom is 0.223 e. The van der Waals surface area contributed by atoms with Crippen molar-refractivity contribution in [2.24, 2.45) is 11.3 Å². The summed E-state index contributed by atoms with van der Waals surface area (Å²) in [5, 5.41) is 6.39. The number of halogens is 1. The zero-order valence-corrected chi connectivity index (χ0v) is 17.6. The molecule has 1 aliphatic heterocycles. The zero-order chi connectivity index (χ0) is 18.8. The Hall–Kier alpha value is -1.15. The second-order valence-electron chi connectivity index (χ2n) is 7.94. The molecule has 1 saturated carbocycles. The molecule has 8 heteroatoms. The number of carbonyl (C=O) groups excluding carboxylic acids is 1. The third-order valence-corrected chi connectivity index (χ3v) is 6.91. The number of piperidine rings is 1. The largest absolute Gasteiger partial charge is 0.352 e. The van der Waals surface area contributed by atoms with Crippen LogP contribution in [0.1, 0.15) is 44.2 Å². The molecule has 0 aromatic heterocycles. The van der Waals surface area contributed by atoms with Gasteiger partial charge in [0.2, 0.25) is 15.9 Å². The molecule has 0 radical (unpaired) electrons. The monoisotopic (exact) mass is 415 g/mol. The van der Waals surface area contributed by atoms with E-state index < -0.39 is 10.0 Å². The van der Waals surface area contributed by atoms with E-state index in [0.29, 0.717) is 6.54 Å². The van der Waals surface area contributed by atoms with Crippen LogP contribution < -0.4 is 15.4 Å². The van der Waals surface area contributed by atoms with E-state index in [0.717, 1.165) is 43.5 Å². The summed E-state index contributed by atoms with van der Waals surface area (Å²) in [6, 6.07) is 7.28. The summed E-state index contributed by atoms with van der Waals surface area (Å²) in [4.78, 5) is 12.4. The lowest BCUT2D eigenvalue weighted by molar-refractivity contribution is -0.123. The molecule has 1 amide bonds. The van der Waals surface area contributed by atoms with E-state index in [1.165, 1.54) is 0 Å². The predicted octanol–water partition coefficient (Wildman–Crippen LogP) is 1.94. The van der Waals surface area contributed by atoms with Crippen LogP contribution in [0.15, 0.2) is 24.3 Å². The van der Waals surface area contributed by atoms with Gasteiger partial charge in [-0.1, -0.05) is 24.3 Å². The number of carbonyl (C=O) groups is 1. The van der Waals surface area contributed by atoms with E-state index >= 15 is 0 Å². The Kier molecular flexibility index (Phi) is 7.30. The smallest absolute Gasteiger partial charge is 0.223 e. The second-order valence-corrected chi connectivity index (χ2v) is 9.69. The van der Waals surface area contributed by atoms with Gasteiger partial charge in [-0.3, -0.25) is 4.79 Å². The number of nitrogens with one attached hydrogen (secondary N) is 3. The first kappa shape index (κ1) is 22.1. The highest BCUT2D eigenvalue weighted by molar-refractivity contribution is 7.88. The number of hydrogen-bond donors (Lipinski definition) is 3. The fourth-order valence-electron chi connectivity index (χ4n) is 3.88. The van der Waals surface area contributed by atoms with Gasteiger partial charge in [0.1, 0.15) is 0 Å². The van der Waals surface area contributed by atoms with Gasteiger partial charge >= 0.3 is 0 Å². The number of amides is 1. The Morgan fingerprint density at radius 3 is 2.37 bits per heavy atom. The molecule has 1 aliphatic carbocycles. The van der Waals surface area contributed by atoms with Crippen LogP contribution in [0.5, 0.6) is 0 Å². The van der Waals surface area contributed by atoms with Crippen molar-refractivity contribution in [3.05, 3.63) is 35.4 Å². The molecule has 152 valence electrons. The van der Waals surface area contributed by atoms with Gasteiger partial charge in [-0.2, -0.15) is 0 Å². The molecule has 1 spiro atoms. The minimum Gasteiger partial charge on any atom is -0.352 e. The molecule has 1 aromatic carbocycles. The quantitative estimate of drug-likeness (QED) is 0.635. The lowest BCUT2D eigenvalue weighted by Gasteiger charge is -2.23. The summed E-state index contributed by atoms with van der Waals surface area (Å²) in [5.41, 5.74) is 1.97. The minimum absolute atomic E-state index is 0. The normalized spacial score (nSPS) is 20.9. The van der Waals surface area contributed by atoms with Gasteiger partial charge in [0, 0.05) is 18.5 Å². The van der Waals surface area contributed by atoms with Crippen molar-refractivity contribution >= 4 is 28.3 Å². The van der Waals surface area contributed by atoms with E-state index in [1.54, 1.807) is 13.8 Å². The van der Waals surface area contributed by atoms with Crippen LogP contribution in [0.25, 0.3) is 0 Å². The second kappa shape index (κ2) is 8.90. The van der Waals surface area contributed by atoms with Gasteiger partial charge < -0.3 is 10.6 Å². The Morgan fingerprint density at radius 2 is 1.78 bits per heavy atom. The van der Waals surface area contributed by atoms with Crippen LogP contribution in [0.2, 0.25) is 0 Å². The minimum atomic E-state index is -3.32. The molecule has 3 N–H and O–H groups in total. The molecule has 0 bridgehead atoms. The summed E-state index contributed by atoms with van der Waals surface area (Å²) < 4.78 is 26.5. The summed E-state index contributed by atoms with van der Waals surface area (Å²) in [5.74, 6) is 0.284. The maximum absolute atomic E-state index is 12.4. The van der Waals surface area contributed by atoms with E-state index in [2.05, 4.69) is 15.4 Å². The van der Waals surface area contributed by atoms with Crippen LogP contribution in [-0.2, 0) is 27.1 Å². The first-order valence-electron chi connectivity index (χ1n) is 9.36. The molecule has 3 rings (SSSR count). The Balaban J connectivity index is 0.00000261. The molecule has 6 nitrogen and oxygen atoms in total. The molecule has 1 atom stereocenters. The van der Waals surface area contributed by atoms with Crippen molar-refractivity contribution in [1.82, 2.24) is 15.4 Å². The number of hydrogen-bond acceptors (Lipinski definition) is 4. The van der Waals surface area contributed by atoms with Crippen LogP contribution in [0.3, 0.4) is 0 Å². The first-order valence-corrected chi connectivity index (χ1v) is 11.0. The van der Waals surface area contributed by atoms with E-state index in [-0.39, 0.29) is 41.4 Å². The van der Waals surface area contributed by atoms with Crippen molar-refractivity contribution in [3.8, 4) is 0 Å². The van der Waals surface area contributed by atoms with Crippen LogP contribution >= 0.6 is 12.4 Å². The van der Waals surface area contributed by atoms with Gasteiger partial charge in [-0.15, -0.1) is 12.4 Å². The molecule has 1 aromatic rings. The van der Waals surface area contributed by atoms with Crippen molar-refractivity contribution in [1.29, 1.82) is 0 Å². The highest BCUT2D eigenvalue weighted by atomic mass is 35.5. The molecule has 1 heterocycles. The Labute approximate surface area is 168 Å². The van der Waals surface area contributed by atoms with Gasteiger partial charge in [0.15, 0.2) is 0 Å². The van der Waals surface area contributed by atoms with Gasteiger partial charge in [0.25, 0.3) is 0 Å². The average molecular weight is 416 g/mol. The SMILES string of the molecule is CC(C)NS(=O)(=O)Cc1ccc(CNC(=O)C2CC23CCNCC3)cc1.Cl. The van der Waals surface area contributed by atoms with Gasteiger partial charge in [-0.05, 0) is 62.7 Å². The molecule has 2 fully saturated rings. The highest BCUT2D eigenvalue weighted by Crippen LogP contribution is 2.58. The highest BCUT2D eigenvalue weighted by Gasteiger charge is 2.57. The number of rotatable bonds is 7. The van der Waals surface area contributed by atoms with E-state index in [1.807, 2.05) is 24.3 Å². The summed E-state index contributed by atoms with van der Waals surface area (Å²) >= 11 is 0. The first-order chi connectivity index (χ1) is 12.3. The van der Waals surface area contributed by atoms with Gasteiger partial charge in [0.05, 0.1) is 5.75 Å². The standard InChI is InChI=1S/C19H29N3O3S.ClH/c1-14(2)22-26(24,25)13-16-5-3-15(4-6-16)12-21-18(23)17-11-19(17)7-9-20-10-8-19;/h3-6,14,17,20,22H,7-13H2,1-2H3,(H,21,23);1H. The molecule has 1 unspecified atom stereocenters. The fraction of sp³-hybridized carbons (Fsp3) is 0.632. The lowest BCUT2D eigenvalue weighted by atomic mass is 9.92. The molecular weight excluding hydrogens is 386 g/mol. The van der Waals surface area contributed by atoms with Crippen molar-refractivity contribution < 1.29 is 13.2 Å². The van der Waals surface area contributed by atoms with Gasteiger partial charge in [-0.25, -0.2) is 13.1 Å². The predicted molar refractivity (Wildman–Crippen MR) is 109 cm³/mol. The van der Waals surface area contributed by atoms with Crippen LogP contribution in [0, 0.1) is 11.3 Å². The van der Waals surface area contributed by atoms with E-state index in [9.17, 15) is 13.2 Å². The van der Waals surface area contributed by atoms with Crippen molar-refractivity contribution in [2.45, 2.75) is 51.4 Å². The lowest BCUT2D eigenvalue weighted by Crippen LogP contribution is -2.33. The van der Waals surface area contributed by atoms with Crippen LogP contribution in [0.4, 0.5) is 0 Å². The number of sulfonamides is 1. The summed E-state index contributed by atoms with van der Waals surface area (Å²) in [6.45, 7) is 6.12.